The van der Waals surface area contributed by atoms with Gasteiger partial charge < -0.3 is 9.47 Å². The fourth-order valence-electron chi connectivity index (χ4n) is 0.739. The monoisotopic (exact) mass is 172 g/mol. The number of hydrogen-bond acceptors (Lipinski definition) is 4. The van der Waals surface area contributed by atoms with E-state index in [1.54, 1.807) is 0 Å². The summed E-state index contributed by atoms with van der Waals surface area (Å²) in [7, 11) is 2.61. The lowest BCUT2D eigenvalue weighted by atomic mass is 10.1. The predicted octanol–water partition coefficient (Wildman–Crippen LogP) is 0.669. The standard InChI is InChI=1S/C8H12O4/c1-5(9)7(6(2)11-3)8(10)12-4/h1-4H3/b7-6+. The molecule has 0 bridgehead atoms. The third-order valence-electron chi connectivity index (χ3n) is 1.40. The number of Topliss-reactive ketones (excluding diaryl/α,β-unsaturated/α-hetero) is 1. The highest BCUT2D eigenvalue weighted by molar-refractivity contribution is 6.16. The van der Waals surface area contributed by atoms with Crippen LogP contribution in [0.15, 0.2) is 11.3 Å². The van der Waals surface area contributed by atoms with Crippen molar-refractivity contribution in [2.75, 3.05) is 14.2 Å². The lowest BCUT2D eigenvalue weighted by molar-refractivity contribution is -0.137. The van der Waals surface area contributed by atoms with E-state index in [0.29, 0.717) is 0 Å². The first-order chi connectivity index (χ1) is 5.54. The van der Waals surface area contributed by atoms with Crippen molar-refractivity contribution in [2.24, 2.45) is 0 Å². The molecule has 0 aromatic heterocycles. The van der Waals surface area contributed by atoms with E-state index in [4.69, 9.17) is 4.74 Å². The lowest BCUT2D eigenvalue weighted by Gasteiger charge is -2.05. The highest BCUT2D eigenvalue weighted by Gasteiger charge is 2.18. The third-order valence-corrected chi connectivity index (χ3v) is 1.40. The van der Waals surface area contributed by atoms with Crippen molar-refractivity contribution >= 4 is 11.8 Å². The molecule has 0 spiro atoms. The van der Waals surface area contributed by atoms with Crippen LogP contribution in [-0.2, 0) is 19.1 Å². The van der Waals surface area contributed by atoms with Gasteiger partial charge in [-0.1, -0.05) is 0 Å². The molecule has 0 aromatic carbocycles. The molecular formula is C8H12O4. The molecule has 0 atom stereocenters. The van der Waals surface area contributed by atoms with E-state index in [-0.39, 0.29) is 17.1 Å². The zero-order valence-corrected chi connectivity index (χ0v) is 7.63. The molecular weight excluding hydrogens is 160 g/mol. The fraction of sp³-hybridized carbons (Fsp3) is 0.500. The highest BCUT2D eigenvalue weighted by atomic mass is 16.5. The van der Waals surface area contributed by atoms with Crippen molar-refractivity contribution in [2.45, 2.75) is 13.8 Å². The Morgan fingerprint density at radius 1 is 1.00 bits per heavy atom. The summed E-state index contributed by atoms with van der Waals surface area (Å²) in [6.07, 6.45) is 0. The van der Waals surface area contributed by atoms with Gasteiger partial charge >= 0.3 is 5.97 Å². The number of hydrogen-bond donors (Lipinski definition) is 0. The SMILES string of the molecule is COC(=O)/C(C(C)=O)=C(\C)OC. The van der Waals surface area contributed by atoms with Crippen LogP contribution in [-0.4, -0.2) is 26.0 Å². The maximum absolute atomic E-state index is 11.0. The molecule has 0 amide bonds. The first kappa shape index (κ1) is 10.7. The van der Waals surface area contributed by atoms with Gasteiger partial charge in [0, 0.05) is 0 Å². The van der Waals surface area contributed by atoms with Crippen LogP contribution >= 0.6 is 0 Å². The Morgan fingerprint density at radius 2 is 1.50 bits per heavy atom. The molecule has 0 saturated heterocycles. The van der Waals surface area contributed by atoms with E-state index in [9.17, 15) is 9.59 Å². The van der Waals surface area contributed by atoms with Crippen LogP contribution in [0.4, 0.5) is 0 Å². The van der Waals surface area contributed by atoms with Crippen molar-refractivity contribution in [3.8, 4) is 0 Å². The molecule has 0 aromatic rings. The zero-order valence-electron chi connectivity index (χ0n) is 7.63. The third kappa shape index (κ3) is 2.38. The number of methoxy groups -OCH3 is 2. The maximum atomic E-state index is 11.0. The fourth-order valence-corrected chi connectivity index (χ4v) is 0.739. The minimum Gasteiger partial charge on any atom is -0.500 e. The van der Waals surface area contributed by atoms with Gasteiger partial charge in [0.15, 0.2) is 5.78 Å². The smallest absolute Gasteiger partial charge is 0.344 e. The quantitative estimate of drug-likeness (QED) is 0.206. The minimum atomic E-state index is -0.665. The van der Waals surface area contributed by atoms with Gasteiger partial charge in [0.05, 0.1) is 14.2 Å². The normalized spacial score (nSPS) is 11.7. The summed E-state index contributed by atoms with van der Waals surface area (Å²) >= 11 is 0. The van der Waals surface area contributed by atoms with E-state index in [0.717, 1.165) is 0 Å². The van der Waals surface area contributed by atoms with Crippen LogP contribution in [0.2, 0.25) is 0 Å². The largest absolute Gasteiger partial charge is 0.500 e. The molecule has 4 nitrogen and oxygen atoms in total. The van der Waals surface area contributed by atoms with Gasteiger partial charge in [0.1, 0.15) is 11.3 Å². The Hall–Kier alpha value is -1.32. The molecule has 0 rings (SSSR count). The molecule has 0 N–H and O–H groups in total. The van der Waals surface area contributed by atoms with E-state index in [1.807, 2.05) is 0 Å². The van der Waals surface area contributed by atoms with Crippen LogP contribution in [0.25, 0.3) is 0 Å². The first-order valence-electron chi connectivity index (χ1n) is 3.38. The first-order valence-corrected chi connectivity index (χ1v) is 3.38. The second-order valence-corrected chi connectivity index (χ2v) is 2.18. The van der Waals surface area contributed by atoms with Crippen LogP contribution in [0, 0.1) is 0 Å². The predicted molar refractivity (Wildman–Crippen MR) is 42.4 cm³/mol. The van der Waals surface area contributed by atoms with E-state index in [1.165, 1.54) is 28.1 Å². The average molecular weight is 172 g/mol. The van der Waals surface area contributed by atoms with Crippen molar-refractivity contribution in [3.63, 3.8) is 0 Å². The molecule has 0 aliphatic carbocycles. The van der Waals surface area contributed by atoms with Crippen molar-refractivity contribution in [1.82, 2.24) is 0 Å². The van der Waals surface area contributed by atoms with Gasteiger partial charge in [0.2, 0.25) is 0 Å². The molecule has 0 aliphatic heterocycles. The van der Waals surface area contributed by atoms with E-state index in [2.05, 4.69) is 4.74 Å². The number of allylic oxidation sites excluding steroid dienone is 1. The molecule has 68 valence electrons. The minimum absolute atomic E-state index is 0.0417. The topological polar surface area (TPSA) is 52.6 Å². The Bertz CT molecular complexity index is 227. The molecule has 4 heteroatoms. The summed E-state index contributed by atoms with van der Waals surface area (Å²) in [5, 5.41) is 0. The second-order valence-electron chi connectivity index (χ2n) is 2.18. The lowest BCUT2D eigenvalue weighted by Crippen LogP contribution is -2.14. The zero-order chi connectivity index (χ0) is 9.72. The highest BCUT2D eigenvalue weighted by Crippen LogP contribution is 2.07. The van der Waals surface area contributed by atoms with Crippen LogP contribution in [0.3, 0.4) is 0 Å². The van der Waals surface area contributed by atoms with Gasteiger partial charge in [0.25, 0.3) is 0 Å². The molecule has 0 fully saturated rings. The van der Waals surface area contributed by atoms with Gasteiger partial charge in [-0.3, -0.25) is 4.79 Å². The Morgan fingerprint density at radius 3 is 1.75 bits per heavy atom. The van der Waals surface area contributed by atoms with Crippen LogP contribution in [0.1, 0.15) is 13.8 Å². The summed E-state index contributed by atoms with van der Waals surface area (Å²) in [5.41, 5.74) is -0.0417. The summed E-state index contributed by atoms with van der Waals surface area (Å²) < 4.78 is 9.15. The molecule has 0 radical (unpaired) electrons. The van der Waals surface area contributed by atoms with Crippen molar-refractivity contribution in [3.05, 3.63) is 11.3 Å². The van der Waals surface area contributed by atoms with Crippen LogP contribution in [0.5, 0.6) is 0 Å². The summed E-state index contributed by atoms with van der Waals surface area (Å²) in [5.74, 6) is -0.752. The van der Waals surface area contributed by atoms with Gasteiger partial charge in [-0.15, -0.1) is 0 Å². The average Bonchev–Trinajstić information content (AvgIpc) is 2.03. The Labute approximate surface area is 71.2 Å². The van der Waals surface area contributed by atoms with Crippen LogP contribution < -0.4 is 0 Å². The van der Waals surface area contributed by atoms with E-state index < -0.39 is 5.97 Å². The van der Waals surface area contributed by atoms with E-state index >= 15 is 0 Å². The van der Waals surface area contributed by atoms with Crippen molar-refractivity contribution < 1.29 is 19.1 Å². The molecule has 0 unspecified atom stereocenters. The summed E-state index contributed by atoms with van der Waals surface area (Å²) in [6, 6.07) is 0. The second kappa shape index (κ2) is 4.54. The van der Waals surface area contributed by atoms with Gasteiger partial charge in [-0.05, 0) is 13.8 Å². The molecule has 0 heterocycles. The Balaban J connectivity index is 4.91. The van der Waals surface area contributed by atoms with Gasteiger partial charge in [-0.2, -0.15) is 0 Å². The number of rotatable bonds is 3. The molecule has 0 saturated carbocycles. The number of carbonyl (C=O) groups is 2. The maximum Gasteiger partial charge on any atom is 0.344 e. The molecule has 0 aliphatic rings. The Kier molecular flexibility index (Phi) is 4.04. The number of esters is 1. The van der Waals surface area contributed by atoms with Gasteiger partial charge in [-0.25, -0.2) is 4.79 Å². The molecule has 12 heavy (non-hydrogen) atoms. The summed E-state index contributed by atoms with van der Waals surface area (Å²) in [6.45, 7) is 2.82. The number of ketones is 1. The van der Waals surface area contributed by atoms with Crippen molar-refractivity contribution in [1.29, 1.82) is 0 Å². The number of ether oxygens (including phenoxy) is 2. The summed E-state index contributed by atoms with van der Waals surface area (Å²) in [4.78, 5) is 21.9. The number of carbonyl (C=O) groups excluding carboxylic acids is 2.